The summed E-state index contributed by atoms with van der Waals surface area (Å²) in [5.41, 5.74) is 1.56. The maximum atomic E-state index is 13.7. The third-order valence-corrected chi connectivity index (χ3v) is 8.75. The molecule has 0 spiro atoms. The lowest BCUT2D eigenvalue weighted by atomic mass is 10.0. The highest BCUT2D eigenvalue weighted by Gasteiger charge is 2.30. The normalized spacial score (nSPS) is 12.2. The van der Waals surface area contributed by atoms with Crippen molar-refractivity contribution in [2.45, 2.75) is 43.7 Å². The third kappa shape index (κ3) is 8.54. The van der Waals surface area contributed by atoms with Gasteiger partial charge in [-0.1, -0.05) is 77.8 Å². The smallest absolute Gasteiger partial charge is 0.243 e. The minimum Gasteiger partial charge on any atom is -0.355 e. The minimum atomic E-state index is -3.68. The molecule has 3 aromatic carbocycles. The Kier molecular flexibility index (Phi) is 11.4. The zero-order chi connectivity index (χ0) is 28.4. The van der Waals surface area contributed by atoms with Crippen molar-refractivity contribution in [3.05, 3.63) is 100 Å². The van der Waals surface area contributed by atoms with E-state index in [0.29, 0.717) is 28.6 Å². The first kappa shape index (κ1) is 30.6. The molecule has 0 aliphatic carbocycles. The molecule has 3 aromatic rings. The quantitative estimate of drug-likeness (QED) is 0.298. The maximum Gasteiger partial charge on any atom is 0.243 e. The summed E-state index contributed by atoms with van der Waals surface area (Å²) in [4.78, 5) is 28.6. The topological polar surface area (TPSA) is 86.8 Å². The Morgan fingerprint density at radius 2 is 1.59 bits per heavy atom. The van der Waals surface area contributed by atoms with Gasteiger partial charge in [-0.25, -0.2) is 12.7 Å². The van der Waals surface area contributed by atoms with Crippen LogP contribution in [0.2, 0.25) is 10.0 Å². The molecule has 208 valence electrons. The Labute approximate surface area is 240 Å². The minimum absolute atomic E-state index is 0.0462. The number of amides is 2. The molecule has 7 nitrogen and oxygen atoms in total. The Bertz CT molecular complexity index is 1360. The first-order valence-corrected chi connectivity index (χ1v) is 14.9. The average molecular weight is 591 g/mol. The largest absolute Gasteiger partial charge is 0.355 e. The van der Waals surface area contributed by atoms with E-state index < -0.39 is 16.1 Å². The highest BCUT2D eigenvalue weighted by atomic mass is 35.5. The number of carbonyl (C=O) groups excluding carboxylic acids is 2. The zero-order valence-electron chi connectivity index (χ0n) is 22.0. The highest BCUT2D eigenvalue weighted by molar-refractivity contribution is 7.89. The van der Waals surface area contributed by atoms with Gasteiger partial charge in [0, 0.05) is 49.6 Å². The second kappa shape index (κ2) is 14.5. The van der Waals surface area contributed by atoms with Crippen LogP contribution < -0.4 is 5.32 Å². The van der Waals surface area contributed by atoms with Crippen LogP contribution in [0, 0.1) is 0 Å². The second-order valence-corrected chi connectivity index (χ2v) is 12.0. The fraction of sp³-hybridized carbons (Fsp3) is 0.310. The lowest BCUT2D eigenvalue weighted by Gasteiger charge is -2.32. The number of carbonyl (C=O) groups is 2. The highest BCUT2D eigenvalue weighted by Crippen LogP contribution is 2.25. The summed E-state index contributed by atoms with van der Waals surface area (Å²) in [6.45, 7) is 2.48. The van der Waals surface area contributed by atoms with Gasteiger partial charge in [-0.15, -0.1) is 0 Å². The van der Waals surface area contributed by atoms with Crippen LogP contribution in [0.1, 0.15) is 30.9 Å². The monoisotopic (exact) mass is 589 g/mol. The van der Waals surface area contributed by atoms with Crippen molar-refractivity contribution in [1.29, 1.82) is 0 Å². The molecule has 10 heteroatoms. The molecule has 0 unspecified atom stereocenters. The summed E-state index contributed by atoms with van der Waals surface area (Å²) < 4.78 is 27.0. The lowest BCUT2D eigenvalue weighted by molar-refractivity contribution is -0.141. The van der Waals surface area contributed by atoms with Crippen molar-refractivity contribution >= 4 is 45.0 Å². The zero-order valence-corrected chi connectivity index (χ0v) is 24.3. The summed E-state index contributed by atoms with van der Waals surface area (Å²) in [7, 11) is -2.19. The summed E-state index contributed by atoms with van der Waals surface area (Å²) in [5, 5.41) is 3.71. The standard InChI is InChI=1S/C29H33Cl2N3O4S/c1-3-32-29(36)27(19-22-11-6-4-7-12-22)34(21-23-16-17-24(30)20-26(23)31)28(35)15-10-18-33(2)39(37,38)25-13-8-5-9-14-25/h4-9,11-14,16-17,20,27H,3,10,15,18-19,21H2,1-2H3,(H,32,36)/t27-/m0/s1. The summed E-state index contributed by atoms with van der Waals surface area (Å²) in [6.07, 6.45) is 0.635. The number of rotatable bonds is 13. The second-order valence-electron chi connectivity index (χ2n) is 9.10. The Balaban J connectivity index is 1.83. The lowest BCUT2D eigenvalue weighted by Crippen LogP contribution is -2.50. The van der Waals surface area contributed by atoms with E-state index in [1.807, 2.05) is 37.3 Å². The molecule has 0 aliphatic heterocycles. The molecule has 3 rings (SSSR count). The molecule has 1 N–H and O–H groups in total. The molecular formula is C29H33Cl2N3O4S. The first-order chi connectivity index (χ1) is 18.6. The predicted octanol–water partition coefficient (Wildman–Crippen LogP) is 5.17. The van der Waals surface area contributed by atoms with Crippen LogP contribution in [-0.4, -0.2) is 55.6 Å². The van der Waals surface area contributed by atoms with E-state index in [2.05, 4.69) is 5.32 Å². The molecule has 0 aromatic heterocycles. The Morgan fingerprint density at radius 3 is 2.21 bits per heavy atom. The number of benzene rings is 3. The van der Waals surface area contributed by atoms with E-state index >= 15 is 0 Å². The van der Waals surface area contributed by atoms with Crippen LogP contribution in [0.15, 0.2) is 83.8 Å². The number of likely N-dealkylation sites (N-methyl/N-ethyl adjacent to an activating group) is 1. The molecule has 1 atom stereocenters. The molecule has 39 heavy (non-hydrogen) atoms. The van der Waals surface area contributed by atoms with E-state index in [9.17, 15) is 18.0 Å². The van der Waals surface area contributed by atoms with Crippen molar-refractivity contribution in [2.24, 2.45) is 0 Å². The molecule has 0 radical (unpaired) electrons. The number of nitrogens with zero attached hydrogens (tertiary/aromatic N) is 2. The molecule has 0 saturated carbocycles. The number of sulfonamides is 1. The van der Waals surface area contributed by atoms with Gasteiger partial charge in [0.2, 0.25) is 21.8 Å². The number of halogens is 2. The van der Waals surface area contributed by atoms with Gasteiger partial charge in [-0.3, -0.25) is 9.59 Å². The predicted molar refractivity (Wildman–Crippen MR) is 155 cm³/mol. The van der Waals surface area contributed by atoms with Gasteiger partial charge in [-0.2, -0.15) is 0 Å². The van der Waals surface area contributed by atoms with Gasteiger partial charge < -0.3 is 10.2 Å². The summed E-state index contributed by atoms with van der Waals surface area (Å²) in [6, 6.07) is 21.9. The van der Waals surface area contributed by atoms with Crippen LogP contribution in [0.3, 0.4) is 0 Å². The van der Waals surface area contributed by atoms with Gasteiger partial charge in [-0.05, 0) is 48.7 Å². The Hall–Kier alpha value is -2.91. The van der Waals surface area contributed by atoms with Gasteiger partial charge in [0.15, 0.2) is 0 Å². The first-order valence-electron chi connectivity index (χ1n) is 12.7. The number of nitrogens with one attached hydrogen (secondary N) is 1. The third-order valence-electron chi connectivity index (χ3n) is 6.29. The van der Waals surface area contributed by atoms with Gasteiger partial charge >= 0.3 is 0 Å². The maximum absolute atomic E-state index is 13.7. The van der Waals surface area contributed by atoms with Crippen molar-refractivity contribution in [3.8, 4) is 0 Å². The van der Waals surface area contributed by atoms with Gasteiger partial charge in [0.25, 0.3) is 0 Å². The fourth-order valence-corrected chi connectivity index (χ4v) is 5.87. The van der Waals surface area contributed by atoms with Crippen LogP contribution in [-0.2, 0) is 32.6 Å². The van der Waals surface area contributed by atoms with Crippen molar-refractivity contribution in [3.63, 3.8) is 0 Å². The summed E-state index contributed by atoms with van der Waals surface area (Å²) in [5.74, 6) is -0.553. The van der Waals surface area contributed by atoms with Crippen LogP contribution in [0.5, 0.6) is 0 Å². The SMILES string of the molecule is CCNC(=O)[C@H](Cc1ccccc1)N(Cc1ccc(Cl)cc1Cl)C(=O)CCCN(C)S(=O)(=O)c1ccccc1. The van der Waals surface area contributed by atoms with Crippen LogP contribution in [0.25, 0.3) is 0 Å². The van der Waals surface area contributed by atoms with Gasteiger partial charge in [0.1, 0.15) is 6.04 Å². The van der Waals surface area contributed by atoms with E-state index in [0.717, 1.165) is 5.56 Å². The van der Waals surface area contributed by atoms with E-state index in [1.54, 1.807) is 36.4 Å². The van der Waals surface area contributed by atoms with Crippen LogP contribution >= 0.6 is 23.2 Å². The molecular weight excluding hydrogens is 557 g/mol. The Morgan fingerprint density at radius 1 is 0.949 bits per heavy atom. The molecule has 0 heterocycles. The summed E-state index contributed by atoms with van der Waals surface area (Å²) >= 11 is 12.5. The molecule has 0 aliphatic rings. The van der Waals surface area contributed by atoms with Crippen molar-refractivity contribution in [2.75, 3.05) is 20.1 Å². The van der Waals surface area contributed by atoms with E-state index in [-0.39, 0.29) is 42.6 Å². The molecule has 0 fully saturated rings. The van der Waals surface area contributed by atoms with Crippen molar-refractivity contribution < 1.29 is 18.0 Å². The average Bonchev–Trinajstić information content (AvgIpc) is 2.92. The van der Waals surface area contributed by atoms with Gasteiger partial charge in [0.05, 0.1) is 4.90 Å². The van der Waals surface area contributed by atoms with Crippen molar-refractivity contribution in [1.82, 2.24) is 14.5 Å². The molecule has 0 saturated heterocycles. The molecule has 0 bridgehead atoms. The fourth-order valence-electron chi connectivity index (χ4n) is 4.17. The van der Waals surface area contributed by atoms with E-state index in [4.69, 9.17) is 23.2 Å². The molecule has 2 amide bonds. The number of hydrogen-bond donors (Lipinski definition) is 1. The van der Waals surface area contributed by atoms with Crippen LogP contribution in [0.4, 0.5) is 0 Å². The number of hydrogen-bond acceptors (Lipinski definition) is 4. The van der Waals surface area contributed by atoms with E-state index in [1.165, 1.54) is 28.4 Å².